The molecular weight excluding hydrogens is 140 g/mol. The summed E-state index contributed by atoms with van der Waals surface area (Å²) in [5, 5.41) is 0. The fraction of sp³-hybridized carbons (Fsp3) is 0.667. The van der Waals surface area contributed by atoms with Gasteiger partial charge in [-0.05, 0) is 12.8 Å². The normalized spacial score (nSPS) is 8.18. The van der Waals surface area contributed by atoms with Crippen molar-refractivity contribution in [3.05, 3.63) is 12.2 Å². The first-order valence-corrected chi connectivity index (χ1v) is 3.65. The van der Waals surface area contributed by atoms with E-state index >= 15 is 0 Å². The molecule has 0 atom stereocenters. The van der Waals surface area contributed by atoms with Crippen LogP contribution in [0.15, 0.2) is 12.2 Å². The molecular formula is C9H18O2. The molecule has 0 aliphatic carbocycles. The molecule has 0 aromatic heterocycles. The highest BCUT2D eigenvalue weighted by atomic mass is 16.5. The maximum absolute atomic E-state index is 10.2. The molecule has 0 amide bonds. The number of carbonyl (C=O) groups excluding carboxylic acids is 1. The van der Waals surface area contributed by atoms with Gasteiger partial charge in [0.05, 0.1) is 7.11 Å². The topological polar surface area (TPSA) is 26.3 Å². The quantitative estimate of drug-likeness (QED) is 0.432. The SMILES string of the molecule is C=C(C)C(=O)OC.CC(C)C. The predicted molar refractivity (Wildman–Crippen MR) is 47.3 cm³/mol. The number of hydrogen-bond donors (Lipinski definition) is 0. The lowest BCUT2D eigenvalue weighted by molar-refractivity contribution is -0.136. The van der Waals surface area contributed by atoms with E-state index in [-0.39, 0.29) is 5.97 Å². The minimum Gasteiger partial charge on any atom is -0.466 e. The summed E-state index contributed by atoms with van der Waals surface area (Å²) in [4.78, 5) is 10.2. The van der Waals surface area contributed by atoms with Gasteiger partial charge >= 0.3 is 5.97 Å². The summed E-state index contributed by atoms with van der Waals surface area (Å²) in [7, 11) is 1.33. The summed E-state index contributed by atoms with van der Waals surface area (Å²) in [6.07, 6.45) is 0. The molecule has 0 spiro atoms. The highest BCUT2D eigenvalue weighted by Gasteiger charge is 1.95. The zero-order chi connectivity index (χ0) is 9.44. The third kappa shape index (κ3) is 17.6. The van der Waals surface area contributed by atoms with Crippen molar-refractivity contribution in [2.24, 2.45) is 5.92 Å². The third-order valence-corrected chi connectivity index (χ3v) is 0.534. The zero-order valence-corrected chi connectivity index (χ0v) is 8.10. The Labute approximate surface area is 69.3 Å². The lowest BCUT2D eigenvalue weighted by Gasteiger charge is -1.91. The van der Waals surface area contributed by atoms with Crippen LogP contribution in [0.1, 0.15) is 27.7 Å². The fourth-order valence-electron chi connectivity index (χ4n) is 0.174. The molecule has 0 aromatic carbocycles. The maximum Gasteiger partial charge on any atom is 0.332 e. The summed E-state index contributed by atoms with van der Waals surface area (Å²) in [6.45, 7) is 11.5. The predicted octanol–water partition coefficient (Wildman–Crippen LogP) is 2.40. The smallest absolute Gasteiger partial charge is 0.332 e. The highest BCUT2D eigenvalue weighted by Crippen LogP contribution is 1.87. The van der Waals surface area contributed by atoms with Gasteiger partial charge in [0, 0.05) is 5.57 Å². The summed E-state index contributed by atoms with van der Waals surface area (Å²) in [5.74, 6) is 0.486. The minimum absolute atomic E-state index is 0.347. The molecule has 0 bridgehead atoms. The van der Waals surface area contributed by atoms with E-state index in [0.29, 0.717) is 5.57 Å². The van der Waals surface area contributed by atoms with Crippen LogP contribution in [0.3, 0.4) is 0 Å². The van der Waals surface area contributed by atoms with Crippen molar-refractivity contribution in [2.45, 2.75) is 27.7 Å². The van der Waals surface area contributed by atoms with E-state index in [1.807, 2.05) is 0 Å². The Bertz CT molecular complexity index is 123. The number of rotatable bonds is 1. The van der Waals surface area contributed by atoms with Crippen LogP contribution < -0.4 is 0 Å². The minimum atomic E-state index is -0.347. The third-order valence-electron chi connectivity index (χ3n) is 0.534. The van der Waals surface area contributed by atoms with Crippen LogP contribution in [0.25, 0.3) is 0 Å². The maximum atomic E-state index is 10.2. The summed E-state index contributed by atoms with van der Waals surface area (Å²) < 4.78 is 4.27. The van der Waals surface area contributed by atoms with E-state index in [4.69, 9.17) is 0 Å². The Morgan fingerprint density at radius 1 is 1.36 bits per heavy atom. The fourth-order valence-corrected chi connectivity index (χ4v) is 0.174. The molecule has 0 N–H and O–H groups in total. The Balaban J connectivity index is 0. The Morgan fingerprint density at radius 3 is 1.64 bits per heavy atom. The van der Waals surface area contributed by atoms with E-state index < -0.39 is 0 Å². The van der Waals surface area contributed by atoms with Gasteiger partial charge in [0.2, 0.25) is 0 Å². The lowest BCUT2D eigenvalue weighted by atomic mass is 10.3. The van der Waals surface area contributed by atoms with Gasteiger partial charge in [-0.2, -0.15) is 0 Å². The number of hydrogen-bond acceptors (Lipinski definition) is 2. The number of esters is 1. The number of methoxy groups -OCH3 is 1. The van der Waals surface area contributed by atoms with Gasteiger partial charge in [0.15, 0.2) is 0 Å². The first-order valence-electron chi connectivity index (χ1n) is 3.65. The van der Waals surface area contributed by atoms with Crippen molar-refractivity contribution < 1.29 is 9.53 Å². The van der Waals surface area contributed by atoms with Gasteiger partial charge in [-0.15, -0.1) is 0 Å². The Morgan fingerprint density at radius 2 is 1.64 bits per heavy atom. The molecule has 11 heavy (non-hydrogen) atoms. The molecule has 0 radical (unpaired) electrons. The molecule has 66 valence electrons. The van der Waals surface area contributed by atoms with Crippen LogP contribution in [0, 0.1) is 5.92 Å². The van der Waals surface area contributed by atoms with E-state index in [2.05, 4.69) is 32.1 Å². The Hall–Kier alpha value is -0.790. The molecule has 2 nitrogen and oxygen atoms in total. The Kier molecular flexibility index (Phi) is 8.55. The highest BCUT2D eigenvalue weighted by molar-refractivity contribution is 5.86. The van der Waals surface area contributed by atoms with Crippen molar-refractivity contribution in [1.29, 1.82) is 0 Å². The van der Waals surface area contributed by atoms with Crippen LogP contribution in [0.4, 0.5) is 0 Å². The van der Waals surface area contributed by atoms with Gasteiger partial charge in [-0.3, -0.25) is 0 Å². The lowest BCUT2D eigenvalue weighted by Crippen LogP contribution is -1.98. The van der Waals surface area contributed by atoms with Gasteiger partial charge in [0.25, 0.3) is 0 Å². The van der Waals surface area contributed by atoms with Crippen LogP contribution in [0.2, 0.25) is 0 Å². The van der Waals surface area contributed by atoms with Crippen LogP contribution >= 0.6 is 0 Å². The molecule has 0 unspecified atom stereocenters. The average molecular weight is 158 g/mol. The van der Waals surface area contributed by atoms with Gasteiger partial charge in [-0.25, -0.2) is 4.79 Å². The molecule has 0 fully saturated rings. The molecule has 0 aromatic rings. The van der Waals surface area contributed by atoms with E-state index in [1.54, 1.807) is 6.92 Å². The molecule has 0 rings (SSSR count). The van der Waals surface area contributed by atoms with Crippen molar-refractivity contribution in [2.75, 3.05) is 7.11 Å². The van der Waals surface area contributed by atoms with Gasteiger partial charge in [0.1, 0.15) is 0 Å². The van der Waals surface area contributed by atoms with Gasteiger partial charge in [-0.1, -0.05) is 27.4 Å². The van der Waals surface area contributed by atoms with E-state index in [9.17, 15) is 4.79 Å². The number of ether oxygens (including phenoxy) is 1. The first-order chi connectivity index (χ1) is 4.91. The van der Waals surface area contributed by atoms with Crippen molar-refractivity contribution in [3.63, 3.8) is 0 Å². The standard InChI is InChI=1S/C5H8O2.C4H10/c1-4(2)5(6)7-3;1-4(2)3/h1H2,2-3H3;4H,1-3H3. The molecule has 0 heterocycles. The summed E-state index contributed by atoms with van der Waals surface area (Å²) in [5.41, 5.74) is 0.433. The second-order valence-corrected chi connectivity index (χ2v) is 3.00. The van der Waals surface area contributed by atoms with Crippen LogP contribution in [-0.2, 0) is 9.53 Å². The van der Waals surface area contributed by atoms with E-state index in [1.165, 1.54) is 7.11 Å². The van der Waals surface area contributed by atoms with Gasteiger partial charge < -0.3 is 4.74 Å². The monoisotopic (exact) mass is 158 g/mol. The molecule has 2 heteroatoms. The second kappa shape index (κ2) is 7.32. The molecule has 0 aliphatic rings. The largest absolute Gasteiger partial charge is 0.466 e. The summed E-state index contributed by atoms with van der Waals surface area (Å²) in [6, 6.07) is 0. The average Bonchev–Trinajstić information content (AvgIpc) is 1.85. The molecule has 0 saturated heterocycles. The van der Waals surface area contributed by atoms with E-state index in [0.717, 1.165) is 5.92 Å². The number of carbonyl (C=O) groups is 1. The van der Waals surface area contributed by atoms with Crippen molar-refractivity contribution in [3.8, 4) is 0 Å². The zero-order valence-electron chi connectivity index (χ0n) is 8.10. The van der Waals surface area contributed by atoms with Crippen LogP contribution in [-0.4, -0.2) is 13.1 Å². The first kappa shape index (κ1) is 12.8. The van der Waals surface area contributed by atoms with Crippen molar-refractivity contribution in [1.82, 2.24) is 0 Å². The second-order valence-electron chi connectivity index (χ2n) is 3.00. The summed E-state index contributed by atoms with van der Waals surface area (Å²) >= 11 is 0. The molecule has 0 saturated carbocycles. The molecule has 0 aliphatic heterocycles. The van der Waals surface area contributed by atoms with Crippen molar-refractivity contribution >= 4 is 5.97 Å². The van der Waals surface area contributed by atoms with Crippen LogP contribution in [0.5, 0.6) is 0 Å².